The fraction of sp³-hybridized carbons (Fsp3) is 0.208. The molecule has 0 radical (unpaired) electrons. The van der Waals surface area contributed by atoms with Gasteiger partial charge in [-0.25, -0.2) is 0 Å². The van der Waals surface area contributed by atoms with Crippen LogP contribution in [-0.2, 0) is 22.2 Å². The van der Waals surface area contributed by atoms with Gasteiger partial charge in [-0.1, -0.05) is 133 Å². The molecule has 0 saturated heterocycles. The van der Waals surface area contributed by atoms with E-state index in [0.717, 1.165) is 33.4 Å². The molecule has 0 fully saturated rings. The topological polar surface area (TPSA) is 91.8 Å². The van der Waals surface area contributed by atoms with Crippen molar-refractivity contribution in [3.05, 3.63) is 189 Å². The zero-order chi connectivity index (χ0) is 40.4. The molecule has 56 heavy (non-hydrogen) atoms. The van der Waals surface area contributed by atoms with E-state index < -0.39 is 31.6 Å². The highest BCUT2D eigenvalue weighted by molar-refractivity contribution is 7.94. The summed E-state index contributed by atoms with van der Waals surface area (Å²) in [5, 5.41) is 13.2. The van der Waals surface area contributed by atoms with E-state index >= 15 is 9.13 Å². The predicted molar refractivity (Wildman–Crippen MR) is 230 cm³/mol. The van der Waals surface area contributed by atoms with E-state index in [9.17, 15) is 14.7 Å². The normalized spacial score (nSPS) is 12.4. The molecule has 0 aliphatic carbocycles. The fourth-order valence-corrected chi connectivity index (χ4v) is 13.2. The molecular weight excluding hydrogens is 732 g/mol. The second-order valence-electron chi connectivity index (χ2n) is 14.7. The van der Waals surface area contributed by atoms with Gasteiger partial charge in [-0.3, -0.25) is 14.5 Å². The minimum absolute atomic E-state index is 0.277. The lowest BCUT2D eigenvalue weighted by atomic mass is 9.92. The molecule has 6 aromatic carbocycles. The van der Waals surface area contributed by atoms with Gasteiger partial charge < -0.3 is 14.2 Å². The van der Waals surface area contributed by atoms with Gasteiger partial charge in [-0.2, -0.15) is 0 Å². The number of aliphatic hydroxyl groups is 1. The van der Waals surface area contributed by atoms with Crippen molar-refractivity contribution in [2.45, 2.75) is 67.8 Å². The summed E-state index contributed by atoms with van der Waals surface area (Å²) in [5.41, 5.74) is 6.46. The van der Waals surface area contributed by atoms with Crippen molar-refractivity contribution in [3.8, 4) is 0 Å². The second kappa shape index (κ2) is 16.6. The second-order valence-corrected chi connectivity index (χ2v) is 20.0. The van der Waals surface area contributed by atoms with Crippen LogP contribution in [-0.4, -0.2) is 27.3 Å². The Labute approximate surface area is 331 Å². The first-order valence-corrected chi connectivity index (χ1v) is 22.3. The molecule has 0 bridgehead atoms. The van der Waals surface area contributed by atoms with E-state index in [1.165, 1.54) is 0 Å². The highest BCUT2D eigenvalue weighted by Gasteiger charge is 2.40. The Kier molecular flexibility index (Phi) is 12.1. The van der Waals surface area contributed by atoms with Crippen LogP contribution in [0.3, 0.4) is 0 Å². The lowest BCUT2D eigenvalue weighted by Crippen LogP contribution is -2.33. The number of carbonyl (C=O) groups is 2. The number of carbonyl (C=O) groups excluding carboxylic acids is 2. The summed E-state index contributed by atoms with van der Waals surface area (Å²) in [5.74, 6) is 0. The van der Waals surface area contributed by atoms with E-state index in [1.807, 2.05) is 82.8 Å². The summed E-state index contributed by atoms with van der Waals surface area (Å²) in [6.07, 6.45) is -0.909. The minimum Gasteiger partial charge on any atom is -0.379 e. The SMILES string of the molecule is Cc1cc(C)c(C(=O)P(=O)(c2ccccc2)c2ccccc2)c(C)c1CN(Cc1c(C)cc(C)c(C(=O)P(=O)(c2ccccc2)c2ccccc2)c1C)C(C)O. The van der Waals surface area contributed by atoms with Crippen molar-refractivity contribution >= 4 is 46.6 Å². The quantitative estimate of drug-likeness (QED) is 0.0929. The van der Waals surface area contributed by atoms with E-state index in [-0.39, 0.29) is 13.1 Å². The molecule has 1 atom stereocenters. The first-order chi connectivity index (χ1) is 26.7. The largest absolute Gasteiger partial charge is 0.379 e. The number of aryl methyl sites for hydroxylation is 4. The Bertz CT molecular complexity index is 2240. The highest BCUT2D eigenvalue weighted by Crippen LogP contribution is 2.50. The zero-order valence-corrected chi connectivity index (χ0v) is 34.9. The molecule has 0 spiro atoms. The Balaban J connectivity index is 1.42. The Morgan fingerprint density at radius 2 is 0.768 bits per heavy atom. The number of aliphatic hydroxyl groups excluding tert-OH is 1. The minimum atomic E-state index is -3.78. The van der Waals surface area contributed by atoms with Crippen LogP contribution in [0.5, 0.6) is 0 Å². The van der Waals surface area contributed by atoms with Crippen LogP contribution < -0.4 is 21.2 Å². The van der Waals surface area contributed by atoms with Gasteiger partial charge in [0.15, 0.2) is 0 Å². The maximum Gasteiger partial charge on any atom is 0.230 e. The summed E-state index contributed by atoms with van der Waals surface area (Å²) in [6, 6.07) is 39.7. The van der Waals surface area contributed by atoms with Gasteiger partial charge in [0.05, 0.1) is 0 Å². The van der Waals surface area contributed by atoms with Gasteiger partial charge >= 0.3 is 0 Å². The Hall–Kier alpha value is -4.96. The molecule has 6 nitrogen and oxygen atoms in total. The smallest absolute Gasteiger partial charge is 0.230 e. The molecule has 1 N–H and O–H groups in total. The summed E-state index contributed by atoms with van der Waals surface area (Å²) < 4.78 is 30.4. The fourth-order valence-electron chi connectivity index (χ4n) is 7.96. The molecule has 6 aromatic rings. The molecule has 0 aromatic heterocycles. The zero-order valence-electron chi connectivity index (χ0n) is 33.1. The van der Waals surface area contributed by atoms with Crippen LogP contribution in [0.1, 0.15) is 72.1 Å². The van der Waals surface area contributed by atoms with E-state index in [0.29, 0.717) is 43.5 Å². The molecule has 0 amide bonds. The molecular formula is C48H49NO5P2. The predicted octanol–water partition coefficient (Wildman–Crippen LogP) is 9.19. The first kappa shape index (κ1) is 40.7. The lowest BCUT2D eigenvalue weighted by molar-refractivity contribution is 0.00602. The van der Waals surface area contributed by atoms with Crippen molar-refractivity contribution in [2.24, 2.45) is 0 Å². The van der Waals surface area contributed by atoms with Crippen LogP contribution in [0.2, 0.25) is 0 Å². The van der Waals surface area contributed by atoms with Crippen LogP contribution in [0.4, 0.5) is 0 Å². The average Bonchev–Trinajstić information content (AvgIpc) is 3.20. The molecule has 0 aliphatic rings. The lowest BCUT2D eigenvalue weighted by Gasteiger charge is -2.30. The van der Waals surface area contributed by atoms with Gasteiger partial charge in [0.1, 0.15) is 6.23 Å². The number of nitrogens with zero attached hydrogens (tertiary/aromatic N) is 1. The van der Waals surface area contributed by atoms with E-state index in [1.54, 1.807) is 104 Å². The number of rotatable bonds is 13. The van der Waals surface area contributed by atoms with Crippen molar-refractivity contribution in [3.63, 3.8) is 0 Å². The average molecular weight is 782 g/mol. The van der Waals surface area contributed by atoms with Crippen LogP contribution in [0, 0.1) is 41.5 Å². The summed E-state index contributed by atoms with van der Waals surface area (Å²) in [6.45, 7) is 13.8. The third-order valence-corrected chi connectivity index (χ3v) is 16.7. The summed E-state index contributed by atoms with van der Waals surface area (Å²) in [4.78, 5) is 31.5. The van der Waals surface area contributed by atoms with Gasteiger partial charge in [0, 0.05) is 45.4 Å². The molecule has 8 heteroatoms. The number of hydrogen-bond donors (Lipinski definition) is 1. The van der Waals surface area contributed by atoms with Crippen molar-refractivity contribution in [2.75, 3.05) is 0 Å². The first-order valence-electron chi connectivity index (χ1n) is 18.8. The molecule has 0 heterocycles. The maximum atomic E-state index is 15.2. The van der Waals surface area contributed by atoms with Crippen LogP contribution in [0.15, 0.2) is 133 Å². The highest BCUT2D eigenvalue weighted by atomic mass is 31.2. The van der Waals surface area contributed by atoms with Crippen molar-refractivity contribution in [1.82, 2.24) is 4.90 Å². The molecule has 0 saturated carbocycles. The Morgan fingerprint density at radius 3 is 1.02 bits per heavy atom. The van der Waals surface area contributed by atoms with Gasteiger partial charge in [0.2, 0.25) is 25.3 Å². The number of benzene rings is 6. The molecule has 1 unspecified atom stereocenters. The summed E-state index contributed by atoms with van der Waals surface area (Å²) >= 11 is 0. The Morgan fingerprint density at radius 1 is 0.500 bits per heavy atom. The van der Waals surface area contributed by atoms with Gasteiger partial charge in [-0.15, -0.1) is 0 Å². The van der Waals surface area contributed by atoms with E-state index in [2.05, 4.69) is 0 Å². The van der Waals surface area contributed by atoms with Crippen LogP contribution >= 0.6 is 14.3 Å². The van der Waals surface area contributed by atoms with Crippen molar-refractivity contribution in [1.29, 1.82) is 0 Å². The van der Waals surface area contributed by atoms with Crippen molar-refractivity contribution < 1.29 is 23.8 Å². The molecule has 0 aliphatic heterocycles. The molecule has 6 rings (SSSR count). The monoisotopic (exact) mass is 781 g/mol. The number of hydrogen-bond acceptors (Lipinski definition) is 6. The van der Waals surface area contributed by atoms with Crippen LogP contribution in [0.25, 0.3) is 0 Å². The third kappa shape index (κ3) is 7.48. The summed E-state index contributed by atoms with van der Waals surface area (Å²) in [7, 11) is -7.56. The maximum absolute atomic E-state index is 15.2. The molecule has 286 valence electrons. The van der Waals surface area contributed by atoms with Gasteiger partial charge in [-0.05, 0) is 93.0 Å². The van der Waals surface area contributed by atoms with E-state index in [4.69, 9.17) is 0 Å². The standard InChI is InChI=1S/C48H49NO5P2/c1-32-28-34(3)45(47(51)55(53,39-20-12-8-13-21-39)40-22-14-9-15-23-40)36(5)43(32)30-49(38(7)50)31-44-33(2)29-35(4)46(37(44)6)48(52)56(54,41-24-16-10-17-25-41)42-26-18-11-19-27-42/h8-29,38,50H,30-31H2,1-7H3. The third-order valence-electron chi connectivity index (χ3n) is 11.0. The van der Waals surface area contributed by atoms with Gasteiger partial charge in [0.25, 0.3) is 0 Å².